The van der Waals surface area contributed by atoms with Gasteiger partial charge in [0.1, 0.15) is 0 Å². The zero-order chi connectivity index (χ0) is 25.7. The van der Waals surface area contributed by atoms with Crippen molar-refractivity contribution in [3.63, 3.8) is 0 Å². The van der Waals surface area contributed by atoms with E-state index >= 15 is 0 Å². The fourth-order valence-corrected chi connectivity index (χ4v) is 4.65. The van der Waals surface area contributed by atoms with E-state index in [0.29, 0.717) is 30.7 Å². The van der Waals surface area contributed by atoms with Gasteiger partial charge in [0.05, 0.1) is 5.56 Å². The van der Waals surface area contributed by atoms with Crippen molar-refractivity contribution in [2.24, 2.45) is 5.92 Å². The van der Waals surface area contributed by atoms with Crippen LogP contribution in [0.15, 0.2) is 24.3 Å². The number of hydrogen-bond acceptors (Lipinski definition) is 8. The van der Waals surface area contributed by atoms with Gasteiger partial charge in [-0.2, -0.15) is 28.1 Å². The maximum Gasteiger partial charge on any atom is 0.416 e. The number of amides is 1. The third kappa shape index (κ3) is 7.57. The molecule has 37 heavy (non-hydrogen) atoms. The quantitative estimate of drug-likeness (QED) is 0.490. The van der Waals surface area contributed by atoms with Crippen LogP contribution in [0.5, 0.6) is 0 Å². The van der Waals surface area contributed by atoms with E-state index in [4.69, 9.17) is 0 Å². The molecule has 2 aromatic rings. The topological polar surface area (TPSA) is 98.3 Å². The third-order valence-electron chi connectivity index (χ3n) is 6.84. The van der Waals surface area contributed by atoms with Gasteiger partial charge in [-0.3, -0.25) is 4.79 Å². The molecule has 1 aliphatic carbocycles. The van der Waals surface area contributed by atoms with Crippen molar-refractivity contribution in [1.82, 2.24) is 25.2 Å². The molecule has 9 nitrogen and oxygen atoms in total. The van der Waals surface area contributed by atoms with Crippen molar-refractivity contribution >= 4 is 36.2 Å². The molecule has 2 aliphatic rings. The number of halogens is 4. The minimum atomic E-state index is -4.45. The number of carbonyl (C=O) groups is 1. The van der Waals surface area contributed by atoms with Gasteiger partial charge < -0.3 is 25.8 Å². The molecule has 2 fully saturated rings. The summed E-state index contributed by atoms with van der Waals surface area (Å²) >= 11 is 0. The zero-order valence-corrected chi connectivity index (χ0v) is 21.8. The van der Waals surface area contributed by atoms with E-state index in [9.17, 15) is 18.0 Å². The van der Waals surface area contributed by atoms with Gasteiger partial charge in [0.15, 0.2) is 0 Å². The van der Waals surface area contributed by atoms with E-state index in [0.717, 1.165) is 45.1 Å². The highest BCUT2D eigenvalue weighted by Crippen LogP contribution is 2.32. The number of alkyl halides is 3. The fourth-order valence-electron chi connectivity index (χ4n) is 4.65. The Balaban J connectivity index is 0.00000380. The summed E-state index contributed by atoms with van der Waals surface area (Å²) in [7, 11) is 3.86. The first-order chi connectivity index (χ1) is 17.2. The summed E-state index contributed by atoms with van der Waals surface area (Å²) in [6.45, 7) is 3.43. The van der Waals surface area contributed by atoms with Crippen LogP contribution in [0.25, 0.3) is 0 Å². The SMILES string of the molecule is CNc1nc(NC2CCC(C(=O)NCc3ccccc3C(F)(F)F)CC2)nc(N2CCN(C)CC2)n1.Cl. The van der Waals surface area contributed by atoms with E-state index in [2.05, 4.69) is 47.7 Å². The molecule has 0 atom stereocenters. The molecule has 204 valence electrons. The number of nitrogens with one attached hydrogen (secondary N) is 3. The average molecular weight is 543 g/mol. The van der Waals surface area contributed by atoms with Gasteiger partial charge in [0, 0.05) is 51.7 Å². The molecule has 0 radical (unpaired) electrons. The molecule has 0 spiro atoms. The van der Waals surface area contributed by atoms with Crippen molar-refractivity contribution in [1.29, 1.82) is 0 Å². The second kappa shape index (κ2) is 12.6. The molecule has 0 bridgehead atoms. The van der Waals surface area contributed by atoms with Crippen molar-refractivity contribution in [2.75, 3.05) is 55.8 Å². The Hall–Kier alpha value is -2.86. The monoisotopic (exact) mass is 542 g/mol. The molecule has 0 unspecified atom stereocenters. The fraction of sp³-hybridized carbons (Fsp3) is 0.583. The molecule has 2 heterocycles. The molecule has 1 aromatic carbocycles. The lowest BCUT2D eigenvalue weighted by Gasteiger charge is -2.33. The largest absolute Gasteiger partial charge is 0.416 e. The van der Waals surface area contributed by atoms with Crippen LogP contribution in [-0.2, 0) is 17.5 Å². The molecule has 1 saturated heterocycles. The second-order valence-electron chi connectivity index (χ2n) is 9.39. The summed E-state index contributed by atoms with van der Waals surface area (Å²) in [4.78, 5) is 30.7. The number of aromatic nitrogens is 3. The molecule has 1 amide bonds. The number of piperazine rings is 1. The Morgan fingerprint density at radius 3 is 2.30 bits per heavy atom. The van der Waals surface area contributed by atoms with Gasteiger partial charge in [-0.25, -0.2) is 0 Å². The highest BCUT2D eigenvalue weighted by atomic mass is 35.5. The summed E-state index contributed by atoms with van der Waals surface area (Å²) in [5, 5.41) is 9.08. The molecule has 1 aliphatic heterocycles. The lowest BCUT2D eigenvalue weighted by molar-refractivity contribution is -0.138. The number of carbonyl (C=O) groups excluding carboxylic acids is 1. The van der Waals surface area contributed by atoms with Gasteiger partial charge in [-0.05, 0) is 44.4 Å². The lowest BCUT2D eigenvalue weighted by atomic mass is 9.85. The van der Waals surface area contributed by atoms with Crippen molar-refractivity contribution in [2.45, 2.75) is 44.4 Å². The van der Waals surface area contributed by atoms with Crippen molar-refractivity contribution in [3.8, 4) is 0 Å². The summed E-state index contributed by atoms with van der Waals surface area (Å²) in [5.41, 5.74) is -0.646. The smallest absolute Gasteiger partial charge is 0.357 e. The van der Waals surface area contributed by atoms with E-state index < -0.39 is 11.7 Å². The van der Waals surface area contributed by atoms with Crippen LogP contribution in [-0.4, -0.2) is 72.1 Å². The number of anilines is 3. The van der Waals surface area contributed by atoms with Gasteiger partial charge in [-0.1, -0.05) is 18.2 Å². The first-order valence-electron chi connectivity index (χ1n) is 12.3. The second-order valence-corrected chi connectivity index (χ2v) is 9.39. The first kappa shape index (κ1) is 28.7. The molecule has 13 heteroatoms. The molecule has 1 saturated carbocycles. The Morgan fingerprint density at radius 1 is 1.00 bits per heavy atom. The maximum absolute atomic E-state index is 13.2. The van der Waals surface area contributed by atoms with E-state index in [1.807, 2.05) is 0 Å². The number of benzene rings is 1. The van der Waals surface area contributed by atoms with Gasteiger partial charge in [0.25, 0.3) is 0 Å². The van der Waals surface area contributed by atoms with Gasteiger partial charge in [0.2, 0.25) is 23.8 Å². The van der Waals surface area contributed by atoms with Crippen molar-refractivity contribution in [3.05, 3.63) is 35.4 Å². The molecule has 4 rings (SSSR count). The van der Waals surface area contributed by atoms with Crippen LogP contribution in [0.1, 0.15) is 36.8 Å². The highest BCUT2D eigenvalue weighted by Gasteiger charge is 2.33. The lowest BCUT2D eigenvalue weighted by Crippen LogP contribution is -2.45. The Bertz CT molecular complexity index is 1040. The van der Waals surface area contributed by atoms with Crippen LogP contribution < -0.4 is 20.9 Å². The summed E-state index contributed by atoms with van der Waals surface area (Å²) in [6, 6.07) is 5.43. The predicted octanol–water partition coefficient (Wildman–Crippen LogP) is 3.39. The van der Waals surface area contributed by atoms with Crippen LogP contribution in [0, 0.1) is 5.92 Å². The maximum atomic E-state index is 13.2. The Labute approximate surface area is 221 Å². The van der Waals surface area contributed by atoms with E-state index in [1.165, 1.54) is 12.1 Å². The zero-order valence-electron chi connectivity index (χ0n) is 21.0. The molecule has 1 aromatic heterocycles. The number of hydrogen-bond donors (Lipinski definition) is 3. The highest BCUT2D eigenvalue weighted by molar-refractivity contribution is 5.85. The first-order valence-corrected chi connectivity index (χ1v) is 12.3. The Kier molecular flexibility index (Phi) is 9.77. The van der Waals surface area contributed by atoms with Crippen LogP contribution in [0.2, 0.25) is 0 Å². The molecular formula is C24H34ClF3N8O. The van der Waals surface area contributed by atoms with Crippen LogP contribution in [0.3, 0.4) is 0 Å². The standard InChI is InChI=1S/C24H33F3N8O.ClH/c1-28-21-31-22(33-23(32-21)35-13-11-34(2)12-14-35)30-18-9-7-16(8-10-18)20(36)29-15-17-5-3-4-6-19(17)24(25,26)27;/h3-6,16,18H,7-15H2,1-2H3,(H,29,36)(H2,28,30,31,32,33);1H. The minimum absolute atomic E-state index is 0. The number of rotatable bonds is 7. The number of likely N-dealkylation sites (N-methyl/N-ethyl adjacent to an activating group) is 1. The molecule has 3 N–H and O–H groups in total. The molecular weight excluding hydrogens is 509 g/mol. The van der Waals surface area contributed by atoms with Crippen LogP contribution >= 0.6 is 12.4 Å². The third-order valence-corrected chi connectivity index (χ3v) is 6.84. The summed E-state index contributed by atoms with van der Waals surface area (Å²) in [6.07, 6.45) is -1.69. The predicted molar refractivity (Wildman–Crippen MR) is 139 cm³/mol. The normalized spacial score (nSPS) is 20.6. The summed E-state index contributed by atoms with van der Waals surface area (Å²) < 4.78 is 39.6. The van der Waals surface area contributed by atoms with Gasteiger partial charge >= 0.3 is 6.18 Å². The summed E-state index contributed by atoms with van der Waals surface area (Å²) in [5.74, 6) is 1.19. The minimum Gasteiger partial charge on any atom is -0.357 e. The van der Waals surface area contributed by atoms with Gasteiger partial charge in [-0.15, -0.1) is 12.4 Å². The van der Waals surface area contributed by atoms with E-state index in [-0.39, 0.29) is 42.4 Å². The van der Waals surface area contributed by atoms with Crippen molar-refractivity contribution < 1.29 is 18.0 Å². The van der Waals surface area contributed by atoms with E-state index in [1.54, 1.807) is 13.1 Å². The number of nitrogens with zero attached hydrogens (tertiary/aromatic N) is 5. The Morgan fingerprint density at radius 2 is 1.65 bits per heavy atom. The average Bonchev–Trinajstić information content (AvgIpc) is 2.87. The van der Waals surface area contributed by atoms with Crippen LogP contribution in [0.4, 0.5) is 31.0 Å².